The van der Waals surface area contributed by atoms with Gasteiger partial charge in [-0.3, -0.25) is 0 Å². The van der Waals surface area contributed by atoms with Gasteiger partial charge >= 0.3 is 0 Å². The van der Waals surface area contributed by atoms with Crippen LogP contribution in [0, 0.1) is 0 Å². The molecule has 0 N–H and O–H groups in total. The lowest BCUT2D eigenvalue weighted by molar-refractivity contribution is 1.16. The molecule has 0 atom stereocenters. The molecule has 2 aliphatic heterocycles. The highest BCUT2D eigenvalue weighted by Gasteiger charge is 2.37. The van der Waals surface area contributed by atoms with Crippen LogP contribution in [0.2, 0.25) is 0 Å². The van der Waals surface area contributed by atoms with E-state index in [0.717, 1.165) is 61.6 Å². The molecule has 0 fully saturated rings. The van der Waals surface area contributed by atoms with Gasteiger partial charge < -0.3 is 23.5 Å². The molecule has 0 amide bonds. The lowest BCUT2D eigenvalue weighted by atomic mass is 9.35. The zero-order valence-electron chi connectivity index (χ0n) is 53.0. The molecule has 0 saturated heterocycles. The van der Waals surface area contributed by atoms with Crippen LogP contribution in [0.15, 0.2) is 358 Å². The second-order valence-electron chi connectivity index (χ2n) is 25.9. The van der Waals surface area contributed by atoms with Crippen molar-refractivity contribution in [2.45, 2.75) is 0 Å². The van der Waals surface area contributed by atoms with Crippen LogP contribution in [0.25, 0.3) is 105 Å². The maximum atomic E-state index is 2.57. The van der Waals surface area contributed by atoms with Gasteiger partial charge in [0, 0.05) is 83.5 Å². The smallest absolute Gasteiger partial charge is 0.246 e. The van der Waals surface area contributed by atoms with Gasteiger partial charge in [0.2, 0.25) is 13.4 Å². The van der Waals surface area contributed by atoms with E-state index in [1.807, 2.05) is 0 Å². The third-order valence-corrected chi connectivity index (χ3v) is 20.7. The Hall–Kier alpha value is -12.6. The molecule has 3 aromatic heterocycles. The van der Waals surface area contributed by atoms with Crippen LogP contribution in [-0.4, -0.2) is 27.1 Å². The van der Waals surface area contributed by atoms with Crippen molar-refractivity contribution in [3.63, 3.8) is 0 Å². The molecule has 0 aliphatic carbocycles. The Kier molecular flexibility index (Phi) is 12.5. The molecule has 0 saturated carbocycles. The zero-order valence-corrected chi connectivity index (χ0v) is 53.0. The number of anilines is 6. The molecule has 0 radical (unpaired) electrons. The summed E-state index contributed by atoms with van der Waals surface area (Å²) in [6.45, 7) is -0.0920. The molecule has 0 spiro atoms. The minimum absolute atomic E-state index is 0.0452. The fourth-order valence-corrected chi connectivity index (χ4v) is 16.5. The standard InChI is InChI=1S/C90H59B2N5/c1-6-26-60(27-7-1)62-52-63(61-28-8-2-9-29-61)54-70(53-62)97-83-50-47-65(92-79-39-19-24-44-87(79)95(68-34-14-5-15-35-68)88-45-25-20-40-80(88)92)56-73(83)76-58-89-75(59-90(76)97)72-55-64(91-77-37-17-22-42-85(77)94(67-32-12-4-13-33-67)86-43-23-18-38-78(86)91)46-49-82(72)96(89)69-48-51-84-74(57-69)71-36-16-21-41-81(71)93(84)66-30-10-3-11-31-66/h1-59H. The first kappa shape index (κ1) is 54.9. The summed E-state index contributed by atoms with van der Waals surface area (Å²) in [6, 6.07) is 133. The van der Waals surface area contributed by atoms with Gasteiger partial charge in [0.05, 0.1) is 33.1 Å². The molecule has 97 heavy (non-hydrogen) atoms. The van der Waals surface area contributed by atoms with Gasteiger partial charge in [-0.05, 0) is 171 Å². The molecule has 450 valence electrons. The first-order valence-electron chi connectivity index (χ1n) is 33.6. The molecule has 7 heteroatoms. The van der Waals surface area contributed by atoms with Gasteiger partial charge in [-0.25, -0.2) is 0 Å². The SMILES string of the molecule is c1ccc(-c2cc(-c3ccccc3)cc(-n3c4ccc(B5c6ccccc6N(c6ccccc6)c6ccccc65)cc4c4cc5c(cc43)c3cc(B4c6ccccc6N(c6ccccc6)c6ccccc64)ccc3n5-c3ccc4c(c3)c3ccccc3n4-c3ccccc3)c2)cc1. The molecular weight excluding hydrogens is 1170 g/mol. The number of para-hydroxylation sites is 8. The van der Waals surface area contributed by atoms with Crippen LogP contribution in [0.5, 0.6) is 0 Å². The second-order valence-corrected chi connectivity index (χ2v) is 25.9. The van der Waals surface area contributed by atoms with Gasteiger partial charge in [-0.2, -0.15) is 0 Å². The number of fused-ring (bicyclic) bond motifs is 13. The molecule has 15 aromatic carbocycles. The van der Waals surface area contributed by atoms with Crippen molar-refractivity contribution in [2.24, 2.45) is 0 Å². The molecular formula is C90H59B2N5. The van der Waals surface area contributed by atoms with Gasteiger partial charge in [0.25, 0.3) is 0 Å². The minimum atomic E-state index is -0.0468. The van der Waals surface area contributed by atoms with E-state index in [4.69, 9.17) is 0 Å². The fourth-order valence-electron chi connectivity index (χ4n) is 16.5. The topological polar surface area (TPSA) is 21.3 Å². The highest BCUT2D eigenvalue weighted by molar-refractivity contribution is 6.98. The van der Waals surface area contributed by atoms with Crippen LogP contribution in [0.3, 0.4) is 0 Å². The predicted octanol–water partition coefficient (Wildman–Crippen LogP) is 18.9. The summed E-state index contributed by atoms with van der Waals surface area (Å²) < 4.78 is 7.54. The van der Waals surface area contributed by atoms with Crippen LogP contribution in [-0.2, 0) is 0 Å². The molecule has 18 aromatic rings. The lowest BCUT2D eigenvalue weighted by Crippen LogP contribution is -2.57. The third kappa shape index (κ3) is 8.61. The van der Waals surface area contributed by atoms with Gasteiger partial charge in [-0.1, -0.05) is 241 Å². The van der Waals surface area contributed by atoms with Crippen molar-refractivity contribution in [3.8, 4) is 39.3 Å². The summed E-state index contributed by atoms with van der Waals surface area (Å²) in [5, 5.41) is 7.17. The molecule has 0 unspecified atom stereocenters. The van der Waals surface area contributed by atoms with E-state index in [2.05, 4.69) is 381 Å². The molecule has 2 aliphatic rings. The van der Waals surface area contributed by atoms with E-state index in [1.54, 1.807) is 0 Å². The minimum Gasteiger partial charge on any atom is -0.312 e. The quantitative estimate of drug-likeness (QED) is 0.134. The second kappa shape index (κ2) is 22.0. The Labute approximate surface area is 563 Å². The maximum Gasteiger partial charge on any atom is 0.246 e. The molecule has 20 rings (SSSR count). The number of benzene rings is 15. The van der Waals surface area contributed by atoms with Gasteiger partial charge in [0.1, 0.15) is 0 Å². The van der Waals surface area contributed by atoms with Crippen LogP contribution < -0.4 is 42.6 Å². The predicted molar refractivity (Wildman–Crippen MR) is 412 cm³/mol. The van der Waals surface area contributed by atoms with Crippen molar-refractivity contribution in [3.05, 3.63) is 358 Å². The first-order chi connectivity index (χ1) is 48.1. The average Bonchev–Trinajstić information content (AvgIpc) is 1.48. The van der Waals surface area contributed by atoms with E-state index in [-0.39, 0.29) is 13.4 Å². The van der Waals surface area contributed by atoms with Crippen LogP contribution in [0.4, 0.5) is 34.1 Å². The Morgan fingerprint density at radius 3 is 0.959 bits per heavy atom. The highest BCUT2D eigenvalue weighted by atomic mass is 15.2. The number of hydrogen-bond donors (Lipinski definition) is 0. The summed E-state index contributed by atoms with van der Waals surface area (Å²) >= 11 is 0. The number of aromatic nitrogens is 3. The van der Waals surface area contributed by atoms with Crippen molar-refractivity contribution in [1.82, 2.24) is 13.7 Å². The van der Waals surface area contributed by atoms with Gasteiger partial charge in [0.15, 0.2) is 0 Å². The molecule has 5 heterocycles. The Morgan fingerprint density at radius 1 is 0.175 bits per heavy atom. The highest BCUT2D eigenvalue weighted by Crippen LogP contribution is 2.44. The summed E-state index contributed by atoms with van der Waals surface area (Å²) in [5.41, 5.74) is 29.5. The maximum absolute atomic E-state index is 2.57. The monoisotopic (exact) mass is 1230 g/mol. The summed E-state index contributed by atoms with van der Waals surface area (Å²) in [4.78, 5) is 4.89. The van der Waals surface area contributed by atoms with Crippen molar-refractivity contribution in [2.75, 3.05) is 9.80 Å². The van der Waals surface area contributed by atoms with E-state index in [0.29, 0.717) is 0 Å². The zero-order chi connectivity index (χ0) is 63.7. The Bertz CT molecular complexity index is 6000. The van der Waals surface area contributed by atoms with Gasteiger partial charge in [-0.15, -0.1) is 0 Å². The summed E-state index contributed by atoms with van der Waals surface area (Å²) in [5.74, 6) is 0. The fraction of sp³-hybridized carbons (Fsp3) is 0. The number of hydrogen-bond acceptors (Lipinski definition) is 2. The summed E-state index contributed by atoms with van der Waals surface area (Å²) in [7, 11) is 0. The van der Waals surface area contributed by atoms with Crippen molar-refractivity contribution < 1.29 is 0 Å². The normalized spacial score (nSPS) is 12.7. The lowest BCUT2D eigenvalue weighted by Gasteiger charge is -2.37. The number of rotatable bonds is 9. The Morgan fingerprint density at radius 2 is 0.505 bits per heavy atom. The van der Waals surface area contributed by atoms with Crippen LogP contribution in [0.1, 0.15) is 0 Å². The number of nitrogens with zero attached hydrogens (tertiary/aromatic N) is 5. The van der Waals surface area contributed by atoms with E-state index in [1.165, 1.54) is 110 Å². The van der Waals surface area contributed by atoms with Crippen molar-refractivity contribution in [1.29, 1.82) is 0 Å². The molecule has 0 bridgehead atoms. The van der Waals surface area contributed by atoms with E-state index in [9.17, 15) is 0 Å². The largest absolute Gasteiger partial charge is 0.312 e. The van der Waals surface area contributed by atoms with Crippen LogP contribution >= 0.6 is 0 Å². The van der Waals surface area contributed by atoms with Crippen molar-refractivity contribution >= 4 is 146 Å². The third-order valence-electron chi connectivity index (χ3n) is 20.7. The Balaban J connectivity index is 0.885. The van der Waals surface area contributed by atoms with E-state index >= 15 is 0 Å². The summed E-state index contributed by atoms with van der Waals surface area (Å²) in [6.07, 6.45) is 0. The average molecular weight is 1230 g/mol. The van der Waals surface area contributed by atoms with E-state index < -0.39 is 0 Å². The first-order valence-corrected chi connectivity index (χ1v) is 33.6. The molecule has 5 nitrogen and oxygen atoms in total.